The van der Waals surface area contributed by atoms with E-state index in [0.717, 1.165) is 149 Å². The van der Waals surface area contributed by atoms with Gasteiger partial charge >= 0.3 is 0 Å². The monoisotopic (exact) mass is 1500 g/mol. The van der Waals surface area contributed by atoms with E-state index in [-0.39, 0.29) is 10.8 Å². The number of aromatic nitrogens is 6. The zero-order valence-electron chi connectivity index (χ0n) is 70.1. The second kappa shape index (κ2) is 43.7. The van der Waals surface area contributed by atoms with Gasteiger partial charge in [0.1, 0.15) is 11.3 Å². The number of ether oxygens (including phenoxy) is 6. The fourth-order valence-corrected chi connectivity index (χ4v) is 15.1. The number of nitrogens with one attached hydrogen (secondary N) is 2. The summed E-state index contributed by atoms with van der Waals surface area (Å²) < 4.78 is 41.7. The highest BCUT2D eigenvalue weighted by atomic mass is 16.5. The van der Waals surface area contributed by atoms with E-state index >= 15 is 0 Å². The maximum absolute atomic E-state index is 6.98. The second-order valence-electron chi connectivity index (χ2n) is 33.3. The van der Waals surface area contributed by atoms with Crippen molar-refractivity contribution in [3.05, 3.63) is 143 Å². The molecule has 0 unspecified atom stereocenters. The molecule has 3 aliphatic rings. The minimum atomic E-state index is -0.0795. The summed E-state index contributed by atoms with van der Waals surface area (Å²) >= 11 is 0. The van der Waals surface area contributed by atoms with E-state index in [4.69, 9.17) is 48.4 Å². The maximum atomic E-state index is 6.98. The van der Waals surface area contributed by atoms with Crippen LogP contribution in [0.5, 0.6) is 23.0 Å². The van der Waals surface area contributed by atoms with E-state index < -0.39 is 0 Å². The first-order valence-corrected chi connectivity index (χ1v) is 43.8. The molecule has 8 bridgehead atoms. The van der Waals surface area contributed by atoms with Crippen LogP contribution in [0.1, 0.15) is 348 Å². The third kappa shape index (κ3) is 24.0. The van der Waals surface area contributed by atoms with Crippen LogP contribution >= 0.6 is 0 Å². The summed E-state index contributed by atoms with van der Waals surface area (Å²) in [4.78, 5) is 30.9. The molecule has 0 amide bonds. The van der Waals surface area contributed by atoms with E-state index in [0.29, 0.717) is 91.5 Å². The van der Waals surface area contributed by atoms with Gasteiger partial charge in [0.2, 0.25) is 0 Å². The number of aromatic amines is 2. The van der Waals surface area contributed by atoms with Crippen molar-refractivity contribution in [2.45, 2.75) is 325 Å². The van der Waals surface area contributed by atoms with Gasteiger partial charge in [-0.3, -0.25) is 0 Å². The molecule has 0 radical (unpaired) electrons. The molecule has 0 fully saturated rings. The van der Waals surface area contributed by atoms with Crippen LogP contribution in [-0.4, -0.2) is 69.5 Å². The van der Waals surface area contributed by atoms with Gasteiger partial charge in [0.15, 0.2) is 46.2 Å². The number of unbranched alkanes of at least 4 members (excludes halogenated alkanes) is 30. The van der Waals surface area contributed by atoms with Crippen LogP contribution in [0.3, 0.4) is 0 Å². The molecular weight excluding hydrogens is 1360 g/mol. The number of rotatable bonds is 50. The zero-order chi connectivity index (χ0) is 77.5. The molecule has 0 saturated carbocycles. The highest BCUT2D eigenvalue weighted by molar-refractivity contribution is 6.11. The van der Waals surface area contributed by atoms with Crippen molar-refractivity contribution in [2.24, 2.45) is 0 Å². The topological polar surface area (TPSA) is 145 Å². The first kappa shape index (κ1) is 84.4. The predicted molar refractivity (Wildman–Crippen MR) is 462 cm³/mol. The summed E-state index contributed by atoms with van der Waals surface area (Å²) in [6.07, 6.45) is 45.7. The van der Waals surface area contributed by atoms with Gasteiger partial charge in [0, 0.05) is 44.3 Å². The van der Waals surface area contributed by atoms with Gasteiger partial charge in [-0.25, -0.2) is 20.0 Å². The Hall–Kier alpha value is -8.00. The van der Waals surface area contributed by atoms with Gasteiger partial charge in [-0.15, -0.1) is 0 Å². The van der Waals surface area contributed by atoms with E-state index in [9.17, 15) is 0 Å². The Morgan fingerprint density at radius 1 is 0.309 bits per heavy atom. The number of benzene rings is 4. The summed E-state index contributed by atoms with van der Waals surface area (Å²) in [5.41, 5.74) is 9.87. The molecule has 0 aliphatic carbocycles. The normalized spacial score (nSPS) is 13.2. The van der Waals surface area contributed by atoms with Gasteiger partial charge < -0.3 is 38.4 Å². The third-order valence-electron chi connectivity index (χ3n) is 21.9. The molecule has 0 atom stereocenters. The Labute approximate surface area is 661 Å². The molecule has 3 aromatic heterocycles. The van der Waals surface area contributed by atoms with E-state index in [1.54, 1.807) is 0 Å². The Kier molecular flexibility index (Phi) is 33.6. The summed E-state index contributed by atoms with van der Waals surface area (Å²) in [5.74, 6) is 5.75. The molecule has 10 rings (SSSR count). The number of hydrogen-bond donors (Lipinski definition) is 2. The summed E-state index contributed by atoms with van der Waals surface area (Å²) in [6, 6.07) is 31.2. The second-order valence-corrected chi connectivity index (χ2v) is 33.3. The molecule has 7 aromatic rings. The molecule has 14 nitrogen and oxygen atoms in total. The number of anilines is 2. The van der Waals surface area contributed by atoms with Crippen molar-refractivity contribution < 1.29 is 28.4 Å². The summed E-state index contributed by atoms with van der Waals surface area (Å²) in [5, 5.41) is 7.64. The fourth-order valence-electron chi connectivity index (χ4n) is 15.1. The Balaban J connectivity index is 1.27. The molecule has 4 aromatic carbocycles. The fraction of sp³-hybridized carbons (Fsp3) is 0.583. The lowest BCUT2D eigenvalue weighted by molar-refractivity contribution is 0.142. The van der Waals surface area contributed by atoms with Crippen LogP contribution in [0.25, 0.3) is 55.0 Å². The lowest BCUT2D eigenvalue weighted by Crippen LogP contribution is -2.36. The quantitative estimate of drug-likeness (QED) is 0.0350. The Bertz CT molecular complexity index is 3980. The third-order valence-corrected chi connectivity index (χ3v) is 21.9. The van der Waals surface area contributed by atoms with Crippen molar-refractivity contribution in [3.8, 4) is 23.0 Å². The molecule has 598 valence electrons. The zero-order valence-corrected chi connectivity index (χ0v) is 70.1. The average Bonchev–Trinajstić information content (AvgIpc) is 1.59. The van der Waals surface area contributed by atoms with E-state index in [2.05, 4.69) is 189 Å². The van der Waals surface area contributed by atoms with Crippen LogP contribution < -0.4 is 29.0 Å². The number of nitrogens with zero attached hydrogens (tertiary/aromatic N) is 6. The van der Waals surface area contributed by atoms with Gasteiger partial charge in [-0.1, -0.05) is 324 Å². The minimum absolute atomic E-state index is 0.0752. The lowest BCUT2D eigenvalue weighted by Gasteiger charge is -2.30. The van der Waals surface area contributed by atoms with Gasteiger partial charge in [0.05, 0.1) is 63.3 Å². The summed E-state index contributed by atoms with van der Waals surface area (Å²) in [6.45, 7) is 30.7. The van der Waals surface area contributed by atoms with Crippen LogP contribution in [0.15, 0.2) is 109 Å². The maximum Gasteiger partial charge on any atom is 0.253 e. The largest absolute Gasteiger partial charge is 0.490 e. The van der Waals surface area contributed by atoms with Crippen molar-refractivity contribution in [1.29, 1.82) is 0 Å². The predicted octanol–water partition coefficient (Wildman–Crippen LogP) is 27.6. The Morgan fingerprint density at radius 2 is 0.636 bits per heavy atom. The lowest BCUT2D eigenvalue weighted by atomic mass is 9.84. The van der Waals surface area contributed by atoms with Gasteiger partial charge in [0.25, 0.3) is 5.95 Å². The van der Waals surface area contributed by atoms with Crippen LogP contribution in [0.4, 0.5) is 11.8 Å². The highest BCUT2D eigenvalue weighted by Gasteiger charge is 2.33. The van der Waals surface area contributed by atoms with E-state index in [1.165, 1.54) is 165 Å². The molecule has 3 aliphatic heterocycles. The molecule has 2 N–H and O–H groups in total. The van der Waals surface area contributed by atoms with Crippen molar-refractivity contribution in [2.75, 3.05) is 49.7 Å². The van der Waals surface area contributed by atoms with Crippen LogP contribution in [0, 0.1) is 0 Å². The smallest absolute Gasteiger partial charge is 0.253 e. The SMILES string of the molecule is CCCCCCCCOC1=CN2c3cc4[nH]c(cc5nc(nc6[nH]c(nc(n3)N2C=C1OCCCCCCCC)c1cc(OCCCCCCCC)c(OCCCCCCCC)cc61)C(c1ccc(C(C)(C)C)cc1)=C5c1ccc(C(C)(C)C)cc1)c1cc(OCCCCCCCC)c(OCCCCCCCC)cc41. The van der Waals surface area contributed by atoms with Crippen molar-refractivity contribution in [3.63, 3.8) is 0 Å². The minimum Gasteiger partial charge on any atom is -0.490 e. The number of fused-ring (bicyclic) bond motifs is 17. The van der Waals surface area contributed by atoms with Crippen molar-refractivity contribution in [1.82, 2.24) is 29.9 Å². The standard InChI is InChI=1S/C96H138N8O6/c1-13-19-25-31-37-43-57-105-82-63-75-76(64-83(82)106-58-44-38-32-26-20-14-2)80-68-88-99-94(104-70-87(110-62-48-42-36-30-24-18-6)86(69-103(88)104)109-61-47-41-35-29-23-17-5)102-92-78-66-85(108-60-46-40-34-28-22-16-4)84(107-59-45-39-33-27-21-15-3)65-77(78)91(100-92)101-93-90(72-51-55-74(56-52-72)96(10,11)12)89(81(98-93)67-79(75)97-80)71-49-53-73(54-50-71)95(7,8)9/h49-56,63-70,97H,13-48,57-62H2,1-12H3,(H,98,99,100,101,102). The van der Waals surface area contributed by atoms with Crippen LogP contribution in [-0.2, 0) is 20.3 Å². The number of hydrazine groups is 1. The molecular formula is C96H138N8O6. The molecule has 0 saturated heterocycles. The van der Waals surface area contributed by atoms with Gasteiger partial charge in [-0.2, -0.15) is 9.97 Å². The molecule has 0 spiro atoms. The van der Waals surface area contributed by atoms with Crippen LogP contribution in [0.2, 0.25) is 0 Å². The first-order chi connectivity index (χ1) is 53.6. The number of hydrogen-bond acceptors (Lipinski definition) is 12. The Morgan fingerprint density at radius 3 is 1.02 bits per heavy atom. The van der Waals surface area contributed by atoms with E-state index in [1.807, 2.05) is 11.2 Å². The van der Waals surface area contributed by atoms with Crippen molar-refractivity contribution >= 4 is 66.8 Å². The number of H-pyrrole nitrogens is 2. The summed E-state index contributed by atoms with van der Waals surface area (Å²) in [7, 11) is 0. The molecule has 14 heteroatoms. The first-order valence-electron chi connectivity index (χ1n) is 43.8. The molecule has 110 heavy (non-hydrogen) atoms. The highest BCUT2D eigenvalue weighted by Crippen LogP contribution is 2.45. The van der Waals surface area contributed by atoms with Gasteiger partial charge in [-0.05, 0) is 102 Å². The molecule has 6 heterocycles. The average molecular weight is 1500 g/mol.